The van der Waals surface area contributed by atoms with Crippen LogP contribution < -0.4 is 0 Å². The van der Waals surface area contributed by atoms with Crippen LogP contribution in [0.3, 0.4) is 0 Å². The Morgan fingerprint density at radius 3 is 2.14 bits per heavy atom. The third-order valence-electron chi connectivity index (χ3n) is 2.12. The summed E-state index contributed by atoms with van der Waals surface area (Å²) in [4.78, 5) is 0. The van der Waals surface area contributed by atoms with E-state index in [0.29, 0.717) is 17.3 Å². The largest absolute Gasteiger partial charge is 0.396 e. The van der Waals surface area contributed by atoms with Crippen LogP contribution in [0.15, 0.2) is 12.2 Å². The lowest BCUT2D eigenvalue weighted by atomic mass is 9.84. The molecule has 1 unspecified atom stereocenters. The Morgan fingerprint density at radius 2 is 1.79 bits per heavy atom. The molecule has 0 rings (SSSR count). The van der Waals surface area contributed by atoms with Gasteiger partial charge in [-0.05, 0) is 24.2 Å². The summed E-state index contributed by atoms with van der Waals surface area (Å²) in [6.45, 7) is 11.3. The van der Waals surface area contributed by atoms with E-state index in [4.69, 9.17) is 0 Å². The van der Waals surface area contributed by atoms with E-state index in [9.17, 15) is 5.11 Å². The van der Waals surface area contributed by atoms with Gasteiger partial charge in [-0.2, -0.15) is 0 Å². The molecule has 1 heteroatoms. The van der Waals surface area contributed by atoms with Crippen LogP contribution in [-0.2, 0) is 0 Å². The van der Waals surface area contributed by atoms with Gasteiger partial charge in [-0.25, -0.2) is 0 Å². The molecule has 1 N–H and O–H groups in total. The smallest absolute Gasteiger partial charge is 0.0493 e. The highest BCUT2D eigenvalue weighted by Gasteiger charge is 2.15. The minimum Gasteiger partial charge on any atom is -0.396 e. The van der Waals surface area contributed by atoms with Crippen molar-refractivity contribution in [1.29, 1.82) is 0 Å². The Labute approximate surface area is 89.2 Å². The number of allylic oxidation sites excluding steroid dienone is 1. The second-order valence-electron chi connectivity index (χ2n) is 5.77. The molecular weight excluding hydrogens is 172 g/mol. The molecule has 1 nitrogen and oxygen atoms in total. The van der Waals surface area contributed by atoms with Crippen molar-refractivity contribution in [3.05, 3.63) is 12.2 Å². The second kappa shape index (κ2) is 6.23. The fraction of sp³-hybridized carbons (Fsp3) is 0.846. The van der Waals surface area contributed by atoms with Crippen molar-refractivity contribution in [3.63, 3.8) is 0 Å². The van der Waals surface area contributed by atoms with E-state index in [1.165, 1.54) is 0 Å². The first-order valence-electron chi connectivity index (χ1n) is 5.62. The molecule has 0 bridgehead atoms. The van der Waals surface area contributed by atoms with Gasteiger partial charge in [0, 0.05) is 12.5 Å². The predicted molar refractivity (Wildman–Crippen MR) is 63.2 cm³/mol. The molecule has 0 aliphatic carbocycles. The molecule has 84 valence electrons. The van der Waals surface area contributed by atoms with E-state index in [1.54, 1.807) is 0 Å². The van der Waals surface area contributed by atoms with Gasteiger partial charge in [0.25, 0.3) is 0 Å². The normalized spacial score (nSPS) is 15.4. The van der Waals surface area contributed by atoms with Crippen molar-refractivity contribution in [1.82, 2.24) is 0 Å². The van der Waals surface area contributed by atoms with Crippen LogP contribution in [0.25, 0.3) is 0 Å². The van der Waals surface area contributed by atoms with Crippen LogP contribution in [0.5, 0.6) is 0 Å². The van der Waals surface area contributed by atoms with E-state index < -0.39 is 0 Å². The molecule has 0 radical (unpaired) electrons. The monoisotopic (exact) mass is 198 g/mol. The van der Waals surface area contributed by atoms with Crippen LogP contribution in [0, 0.1) is 17.3 Å². The highest BCUT2D eigenvalue weighted by Crippen LogP contribution is 2.25. The van der Waals surface area contributed by atoms with Gasteiger partial charge in [-0.3, -0.25) is 0 Å². The minimum absolute atomic E-state index is 0.270. The molecule has 0 spiro atoms. The van der Waals surface area contributed by atoms with Gasteiger partial charge in [0.05, 0.1) is 0 Å². The third-order valence-corrected chi connectivity index (χ3v) is 2.12. The van der Waals surface area contributed by atoms with Crippen LogP contribution in [0.2, 0.25) is 0 Å². The first-order valence-corrected chi connectivity index (χ1v) is 5.62. The standard InChI is InChI=1S/C13H26O/c1-11(2)7-6-8-12(10-14)9-13(3,4)5/h6,8,11-12,14H,7,9-10H2,1-5H3/b8-6+. The van der Waals surface area contributed by atoms with Crippen molar-refractivity contribution >= 4 is 0 Å². The summed E-state index contributed by atoms with van der Waals surface area (Å²) < 4.78 is 0. The summed E-state index contributed by atoms with van der Waals surface area (Å²) in [5, 5.41) is 9.20. The topological polar surface area (TPSA) is 20.2 Å². The molecule has 14 heavy (non-hydrogen) atoms. The molecule has 0 amide bonds. The molecule has 0 aromatic heterocycles. The number of rotatable bonds is 5. The summed E-state index contributed by atoms with van der Waals surface area (Å²) in [6, 6.07) is 0. The van der Waals surface area contributed by atoms with Crippen molar-refractivity contribution in [2.75, 3.05) is 6.61 Å². The second-order valence-corrected chi connectivity index (χ2v) is 5.77. The van der Waals surface area contributed by atoms with Crippen LogP contribution in [0.4, 0.5) is 0 Å². The van der Waals surface area contributed by atoms with Crippen molar-refractivity contribution in [2.45, 2.75) is 47.5 Å². The lowest BCUT2D eigenvalue weighted by Gasteiger charge is -2.22. The van der Waals surface area contributed by atoms with Gasteiger partial charge in [0.2, 0.25) is 0 Å². The van der Waals surface area contributed by atoms with E-state index in [0.717, 1.165) is 12.8 Å². The van der Waals surface area contributed by atoms with Crippen molar-refractivity contribution < 1.29 is 5.11 Å². The summed E-state index contributed by atoms with van der Waals surface area (Å²) in [5.74, 6) is 1.04. The zero-order valence-electron chi connectivity index (χ0n) is 10.4. The summed E-state index contributed by atoms with van der Waals surface area (Å²) in [6.07, 6.45) is 6.54. The maximum Gasteiger partial charge on any atom is 0.0493 e. The van der Waals surface area contributed by atoms with Crippen molar-refractivity contribution in [3.8, 4) is 0 Å². The first-order chi connectivity index (χ1) is 6.35. The molecule has 0 saturated heterocycles. The molecule has 0 aromatic carbocycles. The Kier molecular flexibility index (Phi) is 6.10. The van der Waals surface area contributed by atoms with E-state index in [1.807, 2.05) is 0 Å². The maximum atomic E-state index is 9.20. The number of hydrogen-bond acceptors (Lipinski definition) is 1. The Hall–Kier alpha value is -0.300. The van der Waals surface area contributed by atoms with Crippen LogP contribution in [-0.4, -0.2) is 11.7 Å². The third kappa shape index (κ3) is 8.31. The van der Waals surface area contributed by atoms with E-state index >= 15 is 0 Å². The first kappa shape index (κ1) is 13.7. The number of aliphatic hydroxyl groups excluding tert-OH is 1. The zero-order valence-corrected chi connectivity index (χ0v) is 10.4. The maximum absolute atomic E-state index is 9.20. The van der Waals surface area contributed by atoms with Gasteiger partial charge >= 0.3 is 0 Å². The number of aliphatic hydroxyl groups is 1. The minimum atomic E-state index is 0.270. The van der Waals surface area contributed by atoms with Gasteiger partial charge in [0.1, 0.15) is 0 Å². The van der Waals surface area contributed by atoms with Crippen molar-refractivity contribution in [2.24, 2.45) is 17.3 Å². The summed E-state index contributed by atoms with van der Waals surface area (Å²) in [5.41, 5.74) is 0.301. The lowest BCUT2D eigenvalue weighted by molar-refractivity contribution is 0.207. The van der Waals surface area contributed by atoms with Gasteiger partial charge in [-0.15, -0.1) is 0 Å². The molecule has 0 fully saturated rings. The lowest BCUT2D eigenvalue weighted by Crippen LogP contribution is -2.14. The molecule has 1 atom stereocenters. The van der Waals surface area contributed by atoms with E-state index in [2.05, 4.69) is 46.8 Å². The molecule has 0 aliphatic heterocycles. The van der Waals surface area contributed by atoms with Crippen LogP contribution in [0.1, 0.15) is 47.5 Å². The summed E-state index contributed by atoms with van der Waals surface area (Å²) in [7, 11) is 0. The Bertz CT molecular complexity index is 163. The molecule has 0 aromatic rings. The van der Waals surface area contributed by atoms with Gasteiger partial charge in [0.15, 0.2) is 0 Å². The average molecular weight is 198 g/mol. The fourth-order valence-corrected chi connectivity index (χ4v) is 1.52. The highest BCUT2D eigenvalue weighted by atomic mass is 16.3. The molecule has 0 saturated carbocycles. The SMILES string of the molecule is CC(C)C/C=C/C(CO)CC(C)(C)C. The van der Waals surface area contributed by atoms with E-state index in [-0.39, 0.29) is 6.61 Å². The molecule has 0 aliphatic rings. The Morgan fingerprint density at radius 1 is 1.21 bits per heavy atom. The molecule has 0 heterocycles. The van der Waals surface area contributed by atoms with Gasteiger partial charge in [-0.1, -0.05) is 46.8 Å². The average Bonchev–Trinajstić information content (AvgIpc) is 1.99. The fourth-order valence-electron chi connectivity index (χ4n) is 1.52. The Balaban J connectivity index is 3.97. The molecular formula is C13H26O. The summed E-state index contributed by atoms with van der Waals surface area (Å²) >= 11 is 0. The van der Waals surface area contributed by atoms with Gasteiger partial charge < -0.3 is 5.11 Å². The van der Waals surface area contributed by atoms with Crippen LogP contribution >= 0.6 is 0 Å². The predicted octanol–water partition coefficient (Wildman–Crippen LogP) is 3.63. The highest BCUT2D eigenvalue weighted by molar-refractivity contribution is 4.90. The quantitative estimate of drug-likeness (QED) is 0.669. The zero-order chi connectivity index (χ0) is 11.2. The number of hydrogen-bond donors (Lipinski definition) is 1.